The minimum atomic E-state index is -0.254. The summed E-state index contributed by atoms with van der Waals surface area (Å²) >= 11 is 0. The lowest BCUT2D eigenvalue weighted by molar-refractivity contribution is 0.0965. The molecule has 0 radical (unpaired) electrons. The van der Waals surface area contributed by atoms with Crippen molar-refractivity contribution in [3.63, 3.8) is 0 Å². The predicted molar refractivity (Wildman–Crippen MR) is 273 cm³/mol. The molecule has 0 saturated heterocycles. The van der Waals surface area contributed by atoms with E-state index in [0.29, 0.717) is 0 Å². The van der Waals surface area contributed by atoms with Crippen LogP contribution in [0.2, 0.25) is 0 Å². The van der Waals surface area contributed by atoms with Gasteiger partial charge in [0.1, 0.15) is 0 Å². The van der Waals surface area contributed by atoms with E-state index in [1.54, 1.807) is 0 Å². The monoisotopic (exact) mass is 806 g/mol. The Hall–Kier alpha value is -7.02. The van der Waals surface area contributed by atoms with Gasteiger partial charge in [0, 0.05) is 5.41 Å². The van der Waals surface area contributed by atoms with Crippen LogP contribution in [-0.4, -0.2) is 0 Å². The van der Waals surface area contributed by atoms with Gasteiger partial charge in [-0.15, -0.1) is 0 Å². The SMILES string of the molecule is CC(C)(C)C1(C(C)(C)C)c2cc3cc(-c4ccc(-c5c6ccccc6c(-c6ccc7ccccc7c6)c6ccccc56)cc4)ccc3cc2-c2c1c1ccccc1c1ccccc21. The fraction of sp³-hybridized carbons (Fsp3) is 0.143. The van der Waals surface area contributed by atoms with Crippen molar-refractivity contribution in [1.82, 2.24) is 0 Å². The molecule has 63 heavy (non-hydrogen) atoms. The molecule has 0 aromatic heterocycles. The van der Waals surface area contributed by atoms with E-state index in [9.17, 15) is 0 Å². The highest BCUT2D eigenvalue weighted by Gasteiger charge is 2.58. The summed E-state index contributed by atoms with van der Waals surface area (Å²) < 4.78 is 0. The summed E-state index contributed by atoms with van der Waals surface area (Å²) in [5.74, 6) is 0. The molecule has 11 aromatic rings. The van der Waals surface area contributed by atoms with Crippen LogP contribution in [-0.2, 0) is 5.41 Å². The second-order valence-corrected chi connectivity index (χ2v) is 20.0. The largest absolute Gasteiger partial charge is 0.0616 e. The van der Waals surface area contributed by atoms with Gasteiger partial charge in [0.2, 0.25) is 0 Å². The molecule has 0 spiro atoms. The van der Waals surface area contributed by atoms with Crippen molar-refractivity contribution in [3.05, 3.63) is 205 Å². The molecule has 0 N–H and O–H groups in total. The molecule has 0 amide bonds. The molecule has 0 bridgehead atoms. The zero-order valence-corrected chi connectivity index (χ0v) is 37.0. The Bertz CT molecular complexity index is 3610. The summed E-state index contributed by atoms with van der Waals surface area (Å²) in [7, 11) is 0. The zero-order valence-electron chi connectivity index (χ0n) is 37.0. The molecule has 0 aliphatic heterocycles. The summed E-state index contributed by atoms with van der Waals surface area (Å²) in [6, 6.07) is 73.2. The fourth-order valence-corrected chi connectivity index (χ4v) is 12.5. The average molecular weight is 807 g/mol. The minimum absolute atomic E-state index is 0.0837. The number of fused-ring (bicyclic) bond motifs is 12. The van der Waals surface area contributed by atoms with E-state index in [1.165, 1.54) is 120 Å². The highest BCUT2D eigenvalue weighted by molar-refractivity contribution is 6.22. The summed E-state index contributed by atoms with van der Waals surface area (Å²) in [6.45, 7) is 14.8. The summed E-state index contributed by atoms with van der Waals surface area (Å²) in [5, 5.41) is 15.6. The van der Waals surface area contributed by atoms with Crippen LogP contribution >= 0.6 is 0 Å². The Balaban J connectivity index is 1.02. The van der Waals surface area contributed by atoms with E-state index in [2.05, 4.69) is 236 Å². The second-order valence-electron chi connectivity index (χ2n) is 20.0. The molecule has 0 saturated carbocycles. The molecule has 0 atom stereocenters. The highest BCUT2D eigenvalue weighted by atomic mass is 14.6. The Morgan fingerprint density at radius 2 is 0.683 bits per heavy atom. The highest BCUT2D eigenvalue weighted by Crippen LogP contribution is 2.67. The second kappa shape index (κ2) is 13.5. The quantitative estimate of drug-likeness (QED) is 0.123. The Morgan fingerprint density at radius 3 is 1.27 bits per heavy atom. The lowest BCUT2D eigenvalue weighted by Gasteiger charge is -2.53. The van der Waals surface area contributed by atoms with Gasteiger partial charge in [-0.25, -0.2) is 0 Å². The standard InChI is InChI=1S/C63H50/c1-61(2,3)63(62(4,5)6)56-38-46-36-43(32-33-44(46)37-55(56)59-49-21-11-9-19-47(49)48-20-10-16-26-54(48)60(59)63)40-27-30-41(31-28-40)57-50-22-12-14-24-52(50)58(53-25-15-13-23-51(53)57)45-34-29-39-17-7-8-18-42(39)35-45/h7-38H,1-6H3. The zero-order chi connectivity index (χ0) is 42.8. The van der Waals surface area contributed by atoms with Crippen LogP contribution in [0.25, 0.3) is 109 Å². The normalized spacial score (nSPS) is 13.7. The topological polar surface area (TPSA) is 0 Å². The molecule has 1 aliphatic carbocycles. The van der Waals surface area contributed by atoms with Crippen LogP contribution in [0.3, 0.4) is 0 Å². The van der Waals surface area contributed by atoms with Gasteiger partial charge >= 0.3 is 0 Å². The van der Waals surface area contributed by atoms with Crippen molar-refractivity contribution in [2.75, 3.05) is 0 Å². The Kier molecular flexibility index (Phi) is 8.08. The number of hydrogen-bond donors (Lipinski definition) is 0. The first-order valence-electron chi connectivity index (χ1n) is 22.6. The molecular formula is C63H50. The maximum Gasteiger partial charge on any atom is 0.0318 e. The maximum absolute atomic E-state index is 2.57. The van der Waals surface area contributed by atoms with E-state index in [1.807, 2.05) is 0 Å². The molecule has 1 aliphatic rings. The van der Waals surface area contributed by atoms with Gasteiger partial charge in [-0.3, -0.25) is 0 Å². The first-order valence-corrected chi connectivity index (χ1v) is 22.6. The molecule has 12 rings (SSSR count). The van der Waals surface area contributed by atoms with Gasteiger partial charge in [0.15, 0.2) is 0 Å². The molecule has 0 heteroatoms. The molecule has 0 heterocycles. The van der Waals surface area contributed by atoms with Gasteiger partial charge < -0.3 is 0 Å². The summed E-state index contributed by atoms with van der Waals surface area (Å²) in [5.41, 5.74) is 12.8. The third-order valence-corrected chi connectivity index (χ3v) is 14.7. The minimum Gasteiger partial charge on any atom is -0.0616 e. The molecule has 302 valence electrons. The average Bonchev–Trinajstić information content (AvgIpc) is 3.62. The maximum atomic E-state index is 2.57. The van der Waals surface area contributed by atoms with Crippen molar-refractivity contribution < 1.29 is 0 Å². The van der Waals surface area contributed by atoms with Crippen molar-refractivity contribution in [2.45, 2.75) is 47.0 Å². The van der Waals surface area contributed by atoms with Gasteiger partial charge in [0.25, 0.3) is 0 Å². The van der Waals surface area contributed by atoms with Crippen molar-refractivity contribution in [2.24, 2.45) is 10.8 Å². The van der Waals surface area contributed by atoms with Crippen LogP contribution in [0.5, 0.6) is 0 Å². The lowest BCUT2D eigenvalue weighted by Crippen LogP contribution is -2.50. The fourth-order valence-electron chi connectivity index (χ4n) is 12.5. The van der Waals surface area contributed by atoms with Crippen LogP contribution in [0.1, 0.15) is 52.7 Å². The molecule has 0 nitrogen and oxygen atoms in total. The van der Waals surface area contributed by atoms with E-state index in [4.69, 9.17) is 0 Å². The van der Waals surface area contributed by atoms with Crippen molar-refractivity contribution in [3.8, 4) is 44.5 Å². The third kappa shape index (κ3) is 5.34. The lowest BCUT2D eigenvalue weighted by atomic mass is 9.49. The van der Waals surface area contributed by atoms with Gasteiger partial charge in [0.05, 0.1) is 0 Å². The Morgan fingerprint density at radius 1 is 0.286 bits per heavy atom. The van der Waals surface area contributed by atoms with Crippen molar-refractivity contribution >= 4 is 64.6 Å². The first-order chi connectivity index (χ1) is 30.5. The molecule has 11 aromatic carbocycles. The van der Waals surface area contributed by atoms with Crippen LogP contribution in [0.15, 0.2) is 194 Å². The van der Waals surface area contributed by atoms with E-state index >= 15 is 0 Å². The third-order valence-electron chi connectivity index (χ3n) is 14.7. The predicted octanol–water partition coefficient (Wildman–Crippen LogP) is 18.0. The number of benzene rings is 11. The van der Waals surface area contributed by atoms with Crippen LogP contribution in [0.4, 0.5) is 0 Å². The first kappa shape index (κ1) is 37.7. The Labute approximate surface area is 370 Å². The van der Waals surface area contributed by atoms with Crippen LogP contribution in [0, 0.1) is 10.8 Å². The van der Waals surface area contributed by atoms with E-state index in [-0.39, 0.29) is 16.2 Å². The summed E-state index contributed by atoms with van der Waals surface area (Å²) in [4.78, 5) is 0. The van der Waals surface area contributed by atoms with Gasteiger partial charge in [-0.2, -0.15) is 0 Å². The number of rotatable bonds is 3. The summed E-state index contributed by atoms with van der Waals surface area (Å²) in [6.07, 6.45) is 0. The van der Waals surface area contributed by atoms with E-state index in [0.717, 1.165) is 0 Å². The van der Waals surface area contributed by atoms with Crippen molar-refractivity contribution in [1.29, 1.82) is 0 Å². The smallest absolute Gasteiger partial charge is 0.0318 e. The molecule has 0 unspecified atom stereocenters. The van der Waals surface area contributed by atoms with Gasteiger partial charge in [-0.1, -0.05) is 211 Å². The molecular weight excluding hydrogens is 757 g/mol. The van der Waals surface area contributed by atoms with Crippen LogP contribution < -0.4 is 0 Å². The molecule has 0 fully saturated rings. The number of hydrogen-bond acceptors (Lipinski definition) is 0. The van der Waals surface area contributed by atoms with Gasteiger partial charge in [-0.05, 0) is 155 Å². The van der Waals surface area contributed by atoms with E-state index < -0.39 is 0 Å².